The molecule has 0 bridgehead atoms. The highest BCUT2D eigenvalue weighted by Gasteiger charge is 2.14. The third kappa shape index (κ3) is 3.22. The minimum absolute atomic E-state index is 0.574. The van der Waals surface area contributed by atoms with Crippen LogP contribution in [0.15, 0.2) is 41.7 Å². The van der Waals surface area contributed by atoms with Crippen LogP contribution in [0.25, 0.3) is 11.5 Å². The van der Waals surface area contributed by atoms with Crippen molar-refractivity contribution in [2.24, 2.45) is 0 Å². The lowest BCUT2D eigenvalue weighted by Crippen LogP contribution is -2.12. The van der Waals surface area contributed by atoms with Crippen LogP contribution in [0.3, 0.4) is 0 Å². The SMILES string of the molecule is Cc1cc(C)c(CSc2nnc(-c3ccccn3)n2N)c(C)c1. The van der Waals surface area contributed by atoms with Crippen molar-refractivity contribution in [3.05, 3.63) is 58.8 Å². The second kappa shape index (κ2) is 6.42. The molecule has 0 saturated carbocycles. The Kier molecular flexibility index (Phi) is 4.34. The van der Waals surface area contributed by atoms with Crippen LogP contribution in [-0.4, -0.2) is 19.9 Å². The van der Waals surface area contributed by atoms with Crippen molar-refractivity contribution in [2.75, 3.05) is 5.84 Å². The van der Waals surface area contributed by atoms with Crippen LogP contribution >= 0.6 is 11.8 Å². The van der Waals surface area contributed by atoms with Gasteiger partial charge in [0.05, 0.1) is 0 Å². The average Bonchev–Trinajstić information content (AvgIpc) is 2.88. The summed E-state index contributed by atoms with van der Waals surface area (Å²) in [4.78, 5) is 4.27. The molecule has 2 N–H and O–H groups in total. The van der Waals surface area contributed by atoms with Gasteiger partial charge in [-0.25, -0.2) is 4.68 Å². The van der Waals surface area contributed by atoms with Gasteiger partial charge in [-0.15, -0.1) is 10.2 Å². The molecule has 3 rings (SSSR count). The van der Waals surface area contributed by atoms with Gasteiger partial charge in [-0.3, -0.25) is 4.98 Å². The maximum Gasteiger partial charge on any atom is 0.210 e. The first kappa shape index (κ1) is 15.6. The van der Waals surface area contributed by atoms with Gasteiger partial charge in [0.1, 0.15) is 5.69 Å². The van der Waals surface area contributed by atoms with Crippen LogP contribution in [0.2, 0.25) is 0 Å². The molecule has 6 heteroatoms. The second-order valence-electron chi connectivity index (χ2n) is 5.56. The van der Waals surface area contributed by atoms with Crippen molar-refractivity contribution in [1.82, 2.24) is 19.9 Å². The number of rotatable bonds is 4. The average molecular weight is 325 g/mol. The fourth-order valence-electron chi connectivity index (χ4n) is 2.62. The van der Waals surface area contributed by atoms with Crippen LogP contribution in [0.1, 0.15) is 22.3 Å². The molecule has 0 aliphatic heterocycles. The van der Waals surface area contributed by atoms with E-state index in [0.29, 0.717) is 11.0 Å². The Morgan fingerprint density at radius 3 is 2.48 bits per heavy atom. The molecule has 0 amide bonds. The maximum absolute atomic E-state index is 6.13. The zero-order valence-electron chi connectivity index (χ0n) is 13.4. The number of benzene rings is 1. The maximum atomic E-state index is 6.13. The lowest BCUT2D eigenvalue weighted by atomic mass is 10.0. The highest BCUT2D eigenvalue weighted by molar-refractivity contribution is 7.98. The van der Waals surface area contributed by atoms with E-state index in [-0.39, 0.29) is 0 Å². The molecule has 5 nitrogen and oxygen atoms in total. The lowest BCUT2D eigenvalue weighted by molar-refractivity contribution is 0.848. The Balaban J connectivity index is 1.82. The van der Waals surface area contributed by atoms with E-state index in [1.807, 2.05) is 18.2 Å². The van der Waals surface area contributed by atoms with Crippen molar-refractivity contribution < 1.29 is 0 Å². The molecule has 0 spiro atoms. The largest absolute Gasteiger partial charge is 0.335 e. The first-order valence-electron chi connectivity index (χ1n) is 7.37. The number of hydrogen-bond acceptors (Lipinski definition) is 5. The van der Waals surface area contributed by atoms with Gasteiger partial charge < -0.3 is 5.84 Å². The zero-order chi connectivity index (χ0) is 16.4. The number of pyridine rings is 1. The molecular weight excluding hydrogens is 306 g/mol. The lowest BCUT2D eigenvalue weighted by Gasteiger charge is -2.10. The van der Waals surface area contributed by atoms with Crippen LogP contribution in [0.4, 0.5) is 0 Å². The third-order valence-electron chi connectivity index (χ3n) is 3.74. The Labute approximate surface area is 139 Å². The summed E-state index contributed by atoms with van der Waals surface area (Å²) >= 11 is 1.59. The highest BCUT2D eigenvalue weighted by atomic mass is 32.2. The molecule has 2 aromatic heterocycles. The molecule has 23 heavy (non-hydrogen) atoms. The summed E-state index contributed by atoms with van der Waals surface area (Å²) in [5, 5.41) is 9.04. The number of aryl methyl sites for hydroxylation is 3. The first-order valence-corrected chi connectivity index (χ1v) is 8.36. The molecule has 118 valence electrons. The molecule has 0 fully saturated rings. The van der Waals surface area contributed by atoms with E-state index in [9.17, 15) is 0 Å². The van der Waals surface area contributed by atoms with Crippen molar-refractivity contribution >= 4 is 11.8 Å². The highest BCUT2D eigenvalue weighted by Crippen LogP contribution is 2.27. The van der Waals surface area contributed by atoms with Gasteiger partial charge in [-0.1, -0.05) is 35.5 Å². The van der Waals surface area contributed by atoms with E-state index in [0.717, 1.165) is 11.4 Å². The van der Waals surface area contributed by atoms with Crippen molar-refractivity contribution in [3.8, 4) is 11.5 Å². The Hall–Kier alpha value is -2.34. The molecule has 0 atom stereocenters. The van der Waals surface area contributed by atoms with Crippen LogP contribution in [0.5, 0.6) is 0 Å². The number of hydrogen-bond donors (Lipinski definition) is 1. The number of nitrogen functional groups attached to an aromatic ring is 1. The van der Waals surface area contributed by atoms with Crippen molar-refractivity contribution in [2.45, 2.75) is 31.7 Å². The topological polar surface area (TPSA) is 69.6 Å². The van der Waals surface area contributed by atoms with Crippen molar-refractivity contribution in [1.29, 1.82) is 0 Å². The fourth-order valence-corrected chi connectivity index (χ4v) is 3.67. The summed E-state index contributed by atoms with van der Waals surface area (Å²) in [6.07, 6.45) is 1.72. The van der Waals surface area contributed by atoms with Crippen LogP contribution in [0, 0.1) is 20.8 Å². The third-order valence-corrected chi connectivity index (χ3v) is 4.71. The predicted molar refractivity (Wildman–Crippen MR) is 93.6 cm³/mol. The van der Waals surface area contributed by atoms with Gasteiger partial charge in [0.2, 0.25) is 11.0 Å². The summed E-state index contributed by atoms with van der Waals surface area (Å²) in [5.74, 6) is 7.52. The van der Waals surface area contributed by atoms with Crippen molar-refractivity contribution in [3.63, 3.8) is 0 Å². The second-order valence-corrected chi connectivity index (χ2v) is 6.50. The van der Waals surface area contributed by atoms with E-state index in [1.54, 1.807) is 18.0 Å². The van der Waals surface area contributed by atoms with E-state index in [4.69, 9.17) is 5.84 Å². The molecule has 0 aliphatic rings. The summed E-state index contributed by atoms with van der Waals surface area (Å²) in [5.41, 5.74) is 5.92. The molecule has 0 unspecified atom stereocenters. The number of nitrogens with two attached hydrogens (primary N) is 1. The summed E-state index contributed by atoms with van der Waals surface area (Å²) < 4.78 is 1.51. The zero-order valence-corrected chi connectivity index (χ0v) is 14.3. The molecule has 3 aromatic rings. The number of nitrogens with zero attached hydrogens (tertiary/aromatic N) is 4. The molecule has 2 heterocycles. The van der Waals surface area contributed by atoms with Gasteiger partial charge in [0.15, 0.2) is 0 Å². The number of aromatic nitrogens is 4. The fraction of sp³-hybridized carbons (Fsp3) is 0.235. The van der Waals surface area contributed by atoms with E-state index in [2.05, 4.69) is 48.1 Å². The molecule has 1 aromatic carbocycles. The minimum atomic E-state index is 0.574. The molecular formula is C17H19N5S. The van der Waals surface area contributed by atoms with Gasteiger partial charge >= 0.3 is 0 Å². The Bertz CT molecular complexity index is 803. The van der Waals surface area contributed by atoms with Crippen LogP contribution in [-0.2, 0) is 5.75 Å². The normalized spacial score (nSPS) is 10.9. The standard InChI is InChI=1S/C17H19N5S/c1-11-8-12(2)14(13(3)9-11)10-23-17-21-20-16(22(17)18)15-6-4-5-7-19-15/h4-9H,10,18H2,1-3H3. The number of thioether (sulfide) groups is 1. The van der Waals surface area contributed by atoms with Gasteiger partial charge in [0, 0.05) is 11.9 Å². The first-order chi connectivity index (χ1) is 11.1. The summed E-state index contributed by atoms with van der Waals surface area (Å²) in [6, 6.07) is 10.0. The van der Waals surface area contributed by atoms with Crippen LogP contribution < -0.4 is 5.84 Å². The molecule has 0 aliphatic carbocycles. The van der Waals surface area contributed by atoms with Gasteiger partial charge in [-0.05, 0) is 49.6 Å². The summed E-state index contributed by atoms with van der Waals surface area (Å²) in [7, 11) is 0. The molecule has 0 radical (unpaired) electrons. The Morgan fingerprint density at radius 2 is 1.83 bits per heavy atom. The van der Waals surface area contributed by atoms with Gasteiger partial charge in [-0.2, -0.15) is 0 Å². The predicted octanol–water partition coefficient (Wildman–Crippen LogP) is 3.27. The monoisotopic (exact) mass is 325 g/mol. The van der Waals surface area contributed by atoms with E-state index in [1.165, 1.54) is 26.9 Å². The summed E-state index contributed by atoms with van der Waals surface area (Å²) in [6.45, 7) is 6.40. The quantitative estimate of drug-likeness (QED) is 0.589. The Morgan fingerprint density at radius 1 is 1.09 bits per heavy atom. The van der Waals surface area contributed by atoms with Gasteiger partial charge in [0.25, 0.3) is 0 Å². The molecule has 0 saturated heterocycles. The smallest absolute Gasteiger partial charge is 0.210 e. The van der Waals surface area contributed by atoms with E-state index < -0.39 is 0 Å². The van der Waals surface area contributed by atoms with E-state index >= 15 is 0 Å². The minimum Gasteiger partial charge on any atom is -0.335 e.